The average molecular weight is 430 g/mol. The predicted octanol–water partition coefficient (Wildman–Crippen LogP) is 3.09. The van der Waals surface area contributed by atoms with E-state index in [1.165, 1.54) is 21.3 Å². The average Bonchev–Trinajstić information content (AvgIpc) is 3.14. The van der Waals surface area contributed by atoms with E-state index in [4.69, 9.17) is 25.8 Å². The standard InChI is InChI=1S/C22H20ClNO6/c1-28-20(25)16-17(21(26)29-2)19(22(27)30-3)24(15-7-5-4-6-8-15)18(16)13-9-11-14(23)12-10-13/h4-12,18-19H,1-3H3/t18-,19+/m0/s1. The Kier molecular flexibility index (Phi) is 6.42. The number of ether oxygens (including phenoxy) is 3. The molecule has 0 saturated heterocycles. The van der Waals surface area contributed by atoms with Crippen LogP contribution in [0.1, 0.15) is 11.6 Å². The molecule has 1 heterocycles. The fourth-order valence-electron chi connectivity index (χ4n) is 3.60. The van der Waals surface area contributed by atoms with Gasteiger partial charge in [0.05, 0.1) is 38.5 Å². The fraction of sp³-hybridized carbons (Fsp3) is 0.227. The Hall–Kier alpha value is -3.32. The van der Waals surface area contributed by atoms with Gasteiger partial charge in [-0.25, -0.2) is 14.4 Å². The summed E-state index contributed by atoms with van der Waals surface area (Å²) in [7, 11) is 3.61. The van der Waals surface area contributed by atoms with E-state index in [9.17, 15) is 14.4 Å². The molecular weight excluding hydrogens is 410 g/mol. The van der Waals surface area contributed by atoms with Crippen LogP contribution >= 0.6 is 11.6 Å². The van der Waals surface area contributed by atoms with E-state index >= 15 is 0 Å². The summed E-state index contributed by atoms with van der Waals surface area (Å²) < 4.78 is 14.9. The van der Waals surface area contributed by atoms with Crippen molar-refractivity contribution in [1.29, 1.82) is 0 Å². The van der Waals surface area contributed by atoms with Gasteiger partial charge < -0.3 is 19.1 Å². The number of esters is 3. The molecule has 0 aliphatic carbocycles. The van der Waals surface area contributed by atoms with Crippen molar-refractivity contribution >= 4 is 35.2 Å². The Labute approximate surface area is 178 Å². The number of halogens is 1. The van der Waals surface area contributed by atoms with Crippen molar-refractivity contribution in [1.82, 2.24) is 0 Å². The number of benzene rings is 2. The van der Waals surface area contributed by atoms with Gasteiger partial charge in [0.25, 0.3) is 0 Å². The van der Waals surface area contributed by atoms with Crippen LogP contribution in [0.25, 0.3) is 0 Å². The van der Waals surface area contributed by atoms with Gasteiger partial charge in [-0.05, 0) is 29.8 Å². The van der Waals surface area contributed by atoms with Crippen molar-refractivity contribution in [3.63, 3.8) is 0 Å². The molecule has 0 amide bonds. The monoisotopic (exact) mass is 429 g/mol. The fourth-order valence-corrected chi connectivity index (χ4v) is 3.72. The number of methoxy groups -OCH3 is 3. The molecule has 156 valence electrons. The van der Waals surface area contributed by atoms with E-state index in [1.807, 2.05) is 6.07 Å². The van der Waals surface area contributed by atoms with Crippen LogP contribution in [-0.2, 0) is 28.6 Å². The van der Waals surface area contributed by atoms with Crippen LogP contribution in [0.5, 0.6) is 0 Å². The smallest absolute Gasteiger partial charge is 0.337 e. The summed E-state index contributed by atoms with van der Waals surface area (Å²) in [6, 6.07) is 13.7. The van der Waals surface area contributed by atoms with E-state index in [0.29, 0.717) is 16.3 Å². The minimum atomic E-state index is -1.21. The highest BCUT2D eigenvalue weighted by atomic mass is 35.5. The van der Waals surface area contributed by atoms with Gasteiger partial charge in [0.1, 0.15) is 0 Å². The maximum Gasteiger partial charge on any atom is 0.337 e. The van der Waals surface area contributed by atoms with E-state index < -0.39 is 30.0 Å². The first-order valence-corrected chi connectivity index (χ1v) is 9.39. The van der Waals surface area contributed by atoms with Gasteiger partial charge in [-0.1, -0.05) is 41.9 Å². The number of nitrogens with zero attached hydrogens (tertiary/aromatic N) is 1. The summed E-state index contributed by atoms with van der Waals surface area (Å²) in [6.07, 6.45) is 0. The van der Waals surface area contributed by atoms with Crippen LogP contribution in [0.15, 0.2) is 65.7 Å². The number of para-hydroxylation sites is 1. The summed E-state index contributed by atoms with van der Waals surface area (Å²) in [6.45, 7) is 0. The third-order valence-corrected chi connectivity index (χ3v) is 5.12. The molecule has 0 radical (unpaired) electrons. The molecule has 1 aliphatic rings. The third-order valence-electron chi connectivity index (χ3n) is 4.87. The van der Waals surface area contributed by atoms with Crippen LogP contribution < -0.4 is 4.90 Å². The van der Waals surface area contributed by atoms with Crippen LogP contribution in [0, 0.1) is 0 Å². The normalized spacial score (nSPS) is 18.2. The van der Waals surface area contributed by atoms with Crippen molar-refractivity contribution in [3.05, 3.63) is 76.3 Å². The summed E-state index contributed by atoms with van der Waals surface area (Å²) in [5.74, 6) is -2.28. The molecule has 1 aliphatic heterocycles. The summed E-state index contributed by atoms with van der Waals surface area (Å²) in [5, 5.41) is 0.504. The highest BCUT2D eigenvalue weighted by molar-refractivity contribution is 6.30. The molecule has 0 N–H and O–H groups in total. The van der Waals surface area contributed by atoms with Crippen molar-refractivity contribution in [2.45, 2.75) is 12.1 Å². The van der Waals surface area contributed by atoms with Gasteiger partial charge in [0.15, 0.2) is 6.04 Å². The molecule has 0 saturated carbocycles. The van der Waals surface area contributed by atoms with Crippen LogP contribution in [-0.4, -0.2) is 45.3 Å². The van der Waals surface area contributed by atoms with E-state index in [1.54, 1.807) is 53.4 Å². The van der Waals surface area contributed by atoms with Crippen molar-refractivity contribution < 1.29 is 28.6 Å². The highest BCUT2D eigenvalue weighted by Gasteiger charge is 2.51. The first kappa shape index (κ1) is 21.4. The predicted molar refractivity (Wildman–Crippen MR) is 110 cm³/mol. The summed E-state index contributed by atoms with van der Waals surface area (Å²) in [4.78, 5) is 40.1. The Morgan fingerprint density at radius 2 is 1.37 bits per heavy atom. The molecule has 0 spiro atoms. The number of anilines is 1. The Balaban J connectivity index is 2.34. The molecule has 0 bridgehead atoms. The zero-order valence-electron chi connectivity index (χ0n) is 16.6. The van der Waals surface area contributed by atoms with Crippen LogP contribution in [0.3, 0.4) is 0 Å². The molecule has 0 unspecified atom stereocenters. The number of rotatable bonds is 5. The van der Waals surface area contributed by atoms with Crippen molar-refractivity contribution in [2.75, 3.05) is 26.2 Å². The zero-order chi connectivity index (χ0) is 21.8. The van der Waals surface area contributed by atoms with Gasteiger partial charge in [0, 0.05) is 10.7 Å². The molecule has 0 fully saturated rings. The number of hydrogen-bond acceptors (Lipinski definition) is 7. The molecule has 3 rings (SSSR count). The lowest BCUT2D eigenvalue weighted by atomic mass is 9.96. The van der Waals surface area contributed by atoms with E-state index in [-0.39, 0.29) is 11.1 Å². The SMILES string of the molecule is COC(=O)C1=C(C(=O)OC)[C@H](c2ccc(Cl)cc2)N(c2ccccc2)[C@H]1C(=O)OC. The molecule has 30 heavy (non-hydrogen) atoms. The van der Waals surface area contributed by atoms with E-state index in [0.717, 1.165) is 0 Å². The molecular formula is C22H20ClNO6. The van der Waals surface area contributed by atoms with Gasteiger partial charge in [0.2, 0.25) is 0 Å². The molecule has 7 nitrogen and oxygen atoms in total. The lowest BCUT2D eigenvalue weighted by molar-refractivity contribution is -0.144. The Bertz CT molecular complexity index is 986. The second-order valence-corrected chi connectivity index (χ2v) is 6.87. The summed E-state index contributed by atoms with van der Waals surface area (Å²) >= 11 is 6.04. The Morgan fingerprint density at radius 1 is 0.800 bits per heavy atom. The number of carbonyl (C=O) groups excluding carboxylic acids is 3. The maximum absolute atomic E-state index is 12.8. The quantitative estimate of drug-likeness (QED) is 0.533. The lowest BCUT2D eigenvalue weighted by Crippen LogP contribution is -2.42. The topological polar surface area (TPSA) is 82.1 Å². The van der Waals surface area contributed by atoms with Gasteiger partial charge in [-0.15, -0.1) is 0 Å². The first-order valence-electron chi connectivity index (χ1n) is 9.02. The molecule has 0 aromatic heterocycles. The summed E-state index contributed by atoms with van der Waals surface area (Å²) in [5.41, 5.74) is 1.12. The van der Waals surface area contributed by atoms with Crippen molar-refractivity contribution in [3.8, 4) is 0 Å². The van der Waals surface area contributed by atoms with Gasteiger partial charge in [-0.3, -0.25) is 0 Å². The van der Waals surface area contributed by atoms with Gasteiger partial charge in [-0.2, -0.15) is 0 Å². The Morgan fingerprint density at radius 3 is 1.90 bits per heavy atom. The number of carbonyl (C=O) groups is 3. The van der Waals surface area contributed by atoms with Crippen LogP contribution in [0.4, 0.5) is 5.69 Å². The largest absolute Gasteiger partial charge is 0.467 e. The van der Waals surface area contributed by atoms with Crippen molar-refractivity contribution in [2.24, 2.45) is 0 Å². The van der Waals surface area contributed by atoms with Gasteiger partial charge >= 0.3 is 17.9 Å². The lowest BCUT2D eigenvalue weighted by Gasteiger charge is -2.33. The molecule has 2 atom stereocenters. The second-order valence-electron chi connectivity index (χ2n) is 6.43. The highest BCUT2D eigenvalue weighted by Crippen LogP contribution is 2.45. The molecule has 8 heteroatoms. The zero-order valence-corrected chi connectivity index (χ0v) is 17.4. The van der Waals surface area contributed by atoms with E-state index in [2.05, 4.69) is 0 Å². The van der Waals surface area contributed by atoms with Crippen LogP contribution in [0.2, 0.25) is 5.02 Å². The maximum atomic E-state index is 12.8. The second kappa shape index (κ2) is 9.00. The first-order chi connectivity index (χ1) is 14.4. The third kappa shape index (κ3) is 3.76. The minimum absolute atomic E-state index is 0.00549. The molecule has 2 aromatic carbocycles. The minimum Gasteiger partial charge on any atom is -0.467 e. The number of hydrogen-bond donors (Lipinski definition) is 0. The molecule has 2 aromatic rings.